The van der Waals surface area contributed by atoms with Crippen molar-refractivity contribution in [1.82, 2.24) is 20.1 Å². The lowest BCUT2D eigenvalue weighted by molar-refractivity contribution is -0.137. The van der Waals surface area contributed by atoms with Crippen LogP contribution in [0.5, 0.6) is 0 Å². The minimum absolute atomic E-state index is 0.0864. The second kappa shape index (κ2) is 17.5. The highest BCUT2D eigenvalue weighted by atomic mass is 32.1. The topological polar surface area (TPSA) is 178 Å². The zero-order valence-electron chi connectivity index (χ0n) is 35.5. The summed E-state index contributed by atoms with van der Waals surface area (Å²) in [5.74, 6) is -3.23. The highest BCUT2D eigenvalue weighted by Gasteiger charge is 2.51. The lowest BCUT2D eigenvalue weighted by Gasteiger charge is -2.37. The quantitative estimate of drug-likeness (QED) is 0.0637. The molecule has 0 unspecified atom stereocenters. The summed E-state index contributed by atoms with van der Waals surface area (Å²) < 4.78 is 72.9. The fraction of sp³-hybridized carbons (Fsp3) is 0.283. The van der Waals surface area contributed by atoms with Gasteiger partial charge in [0.15, 0.2) is 10.9 Å². The van der Waals surface area contributed by atoms with Gasteiger partial charge in [-0.3, -0.25) is 33.8 Å². The van der Waals surface area contributed by atoms with E-state index in [-0.39, 0.29) is 58.8 Å². The zero-order valence-corrected chi connectivity index (χ0v) is 36.3. The van der Waals surface area contributed by atoms with E-state index in [1.54, 1.807) is 23.9 Å². The number of Topliss-reactive ketones (excluding diaryl/α,β-unsaturated/α-hetero) is 1. The van der Waals surface area contributed by atoms with Crippen molar-refractivity contribution in [2.24, 2.45) is 12.0 Å². The number of rotatable bonds is 12. The molecule has 1 aromatic heterocycles. The molecule has 66 heavy (non-hydrogen) atoms. The van der Waals surface area contributed by atoms with Crippen LogP contribution in [-0.4, -0.2) is 67.7 Å². The molecule has 5 aromatic rings. The van der Waals surface area contributed by atoms with Crippen molar-refractivity contribution >= 4 is 69.3 Å². The molecule has 0 bridgehead atoms. The Labute approximate surface area is 379 Å². The molecule has 4 heterocycles. The number of hydrogen-bond acceptors (Lipinski definition) is 10. The van der Waals surface area contributed by atoms with Gasteiger partial charge in [-0.2, -0.15) is 23.5 Å². The van der Waals surface area contributed by atoms with Crippen molar-refractivity contribution in [1.29, 1.82) is 5.26 Å². The molecule has 0 spiro atoms. The van der Waals surface area contributed by atoms with E-state index in [2.05, 4.69) is 31.0 Å². The number of carbonyl (C=O) groups is 4. The molecule has 3 N–H and O–H groups in total. The number of aryl methyl sites for hydroxylation is 1. The largest absolute Gasteiger partial charge is 0.417 e. The van der Waals surface area contributed by atoms with Gasteiger partial charge in [0.05, 0.1) is 46.1 Å². The summed E-state index contributed by atoms with van der Waals surface area (Å²) in [6.45, 7) is 3.02. The third-order valence-electron chi connectivity index (χ3n) is 11.7. The summed E-state index contributed by atoms with van der Waals surface area (Å²) in [5, 5.41) is 22.2. The minimum Gasteiger partial charge on any atom is -0.376 e. The Morgan fingerprint density at radius 1 is 0.985 bits per heavy atom. The summed E-state index contributed by atoms with van der Waals surface area (Å²) in [6, 6.07) is 17.2. The van der Waals surface area contributed by atoms with Crippen LogP contribution in [0, 0.1) is 23.0 Å². The highest BCUT2D eigenvalue weighted by molar-refractivity contribution is 7.81. The van der Waals surface area contributed by atoms with Crippen molar-refractivity contribution in [3.05, 3.63) is 130 Å². The van der Waals surface area contributed by atoms with Crippen LogP contribution in [0.3, 0.4) is 0 Å². The van der Waals surface area contributed by atoms with Crippen molar-refractivity contribution in [3.8, 4) is 6.07 Å². The molecular formula is C46H39F5N10O4S. The van der Waals surface area contributed by atoms with E-state index < -0.39 is 58.3 Å². The van der Waals surface area contributed by atoms with Crippen molar-refractivity contribution in [3.63, 3.8) is 0 Å². The lowest BCUT2D eigenvalue weighted by Crippen LogP contribution is -2.44. The molecule has 2 atom stereocenters. The van der Waals surface area contributed by atoms with Gasteiger partial charge in [0, 0.05) is 48.2 Å². The van der Waals surface area contributed by atoms with Crippen LogP contribution >= 0.6 is 12.2 Å². The number of nitrogens with zero attached hydrogens (tertiary/aromatic N) is 7. The van der Waals surface area contributed by atoms with Crippen LogP contribution in [0.25, 0.3) is 0 Å². The number of nitrogens with one attached hydrogen (secondary N) is 3. The Bertz CT molecular complexity index is 2910. The van der Waals surface area contributed by atoms with Gasteiger partial charge < -0.3 is 20.9 Å². The monoisotopic (exact) mass is 922 g/mol. The van der Waals surface area contributed by atoms with E-state index in [9.17, 15) is 42.0 Å². The minimum atomic E-state index is -4.88. The van der Waals surface area contributed by atoms with E-state index in [0.29, 0.717) is 53.8 Å². The SMILES string of the molecule is Cn1ncnc1[C@H]1C2=NCC(=O)c3cc(F)cc(c32)N[C@@H]1c1ccc(NC(=O)CCCCCNC(=O)c2ccc(N3C(=S)N(c4ccc(C#N)c(C(F)(F)F)c4)C(=O)C3(C)C)cc2F)cc1. The number of benzene rings is 4. The first-order valence-electron chi connectivity index (χ1n) is 20.7. The van der Waals surface area contributed by atoms with Crippen LogP contribution in [0.4, 0.5) is 44.7 Å². The van der Waals surface area contributed by atoms with Gasteiger partial charge in [-0.15, -0.1) is 0 Å². The summed E-state index contributed by atoms with van der Waals surface area (Å²) >= 11 is 5.52. The number of aliphatic imine (C=N–C) groups is 1. The average molecular weight is 923 g/mol. The number of amides is 3. The van der Waals surface area contributed by atoms with Gasteiger partial charge >= 0.3 is 6.18 Å². The van der Waals surface area contributed by atoms with Crippen LogP contribution in [0.2, 0.25) is 0 Å². The Morgan fingerprint density at radius 2 is 1.73 bits per heavy atom. The smallest absolute Gasteiger partial charge is 0.376 e. The molecule has 338 valence electrons. The Balaban J connectivity index is 0.832. The van der Waals surface area contributed by atoms with Gasteiger partial charge in [-0.1, -0.05) is 18.6 Å². The molecule has 3 aliphatic rings. The molecule has 1 saturated heterocycles. The number of ketones is 1. The van der Waals surface area contributed by atoms with Crippen molar-refractivity contribution in [2.75, 3.05) is 33.5 Å². The van der Waals surface area contributed by atoms with Crippen LogP contribution in [0.1, 0.15) is 100 Å². The maximum Gasteiger partial charge on any atom is 0.417 e. The third-order valence-corrected chi connectivity index (χ3v) is 12.1. The van der Waals surface area contributed by atoms with Gasteiger partial charge in [-0.25, -0.2) is 13.8 Å². The first kappa shape index (κ1) is 45.2. The molecule has 1 fully saturated rings. The molecule has 3 amide bonds. The van der Waals surface area contributed by atoms with Crippen LogP contribution in [0.15, 0.2) is 84.1 Å². The lowest BCUT2D eigenvalue weighted by atomic mass is 9.78. The summed E-state index contributed by atoms with van der Waals surface area (Å²) in [5.41, 5.74) is -0.528. The molecule has 8 rings (SSSR count). The second-order valence-corrected chi connectivity index (χ2v) is 16.8. The zero-order chi connectivity index (χ0) is 47.2. The van der Waals surface area contributed by atoms with Crippen LogP contribution in [-0.2, 0) is 22.8 Å². The average Bonchev–Trinajstić information content (AvgIpc) is 3.77. The first-order valence-corrected chi connectivity index (χ1v) is 21.1. The molecule has 4 aromatic carbocycles. The molecule has 0 radical (unpaired) electrons. The van der Waals surface area contributed by atoms with E-state index in [0.717, 1.165) is 22.6 Å². The number of nitriles is 1. The number of thiocarbonyl (C=S) groups is 1. The number of unbranched alkanes of at least 4 members (excludes halogenated alkanes) is 2. The summed E-state index contributed by atoms with van der Waals surface area (Å²) in [4.78, 5) is 63.4. The maximum atomic E-state index is 15.5. The van der Waals surface area contributed by atoms with E-state index in [1.807, 2.05) is 12.1 Å². The van der Waals surface area contributed by atoms with Crippen LogP contribution < -0.4 is 25.8 Å². The van der Waals surface area contributed by atoms with Crippen molar-refractivity contribution in [2.45, 2.75) is 63.2 Å². The summed E-state index contributed by atoms with van der Waals surface area (Å²) in [6.07, 6.45) is -1.70. The Morgan fingerprint density at radius 3 is 2.41 bits per heavy atom. The fourth-order valence-corrected chi connectivity index (χ4v) is 9.02. The maximum absolute atomic E-state index is 15.5. The Hall–Kier alpha value is -7.40. The molecule has 14 nitrogen and oxygen atoms in total. The van der Waals surface area contributed by atoms with Gasteiger partial charge in [0.1, 0.15) is 35.9 Å². The molecule has 0 aliphatic carbocycles. The molecule has 3 aliphatic heterocycles. The van der Waals surface area contributed by atoms with Gasteiger partial charge in [0.2, 0.25) is 5.91 Å². The first-order chi connectivity index (χ1) is 31.4. The number of aromatic nitrogens is 3. The van der Waals surface area contributed by atoms with Gasteiger partial charge in [-0.05, 0) is 105 Å². The second-order valence-electron chi connectivity index (χ2n) is 16.4. The number of halogens is 5. The highest BCUT2D eigenvalue weighted by Crippen LogP contribution is 2.45. The van der Waals surface area contributed by atoms with E-state index in [4.69, 9.17) is 12.2 Å². The number of anilines is 4. The third kappa shape index (κ3) is 8.37. The predicted octanol–water partition coefficient (Wildman–Crippen LogP) is 7.77. The molecular weight excluding hydrogens is 884 g/mol. The van der Waals surface area contributed by atoms with E-state index in [1.165, 1.54) is 61.5 Å². The summed E-state index contributed by atoms with van der Waals surface area (Å²) in [7, 11) is 1.76. The number of hydrogen-bond donors (Lipinski definition) is 3. The molecule has 20 heteroatoms. The van der Waals surface area contributed by atoms with E-state index >= 15 is 4.39 Å². The molecule has 0 saturated carbocycles. The van der Waals surface area contributed by atoms with Gasteiger partial charge in [0.25, 0.3) is 11.8 Å². The Kier molecular flexibility index (Phi) is 12.0. The number of alkyl halides is 3. The van der Waals surface area contributed by atoms with Crippen molar-refractivity contribution < 1.29 is 41.1 Å². The fourth-order valence-electron chi connectivity index (χ4n) is 8.50. The predicted molar refractivity (Wildman–Crippen MR) is 237 cm³/mol. The standard InChI is InChI=1S/C46H39F5N10O4S/c1-45(2)43(65)60(28-13-10-25(21-52)32(19-28)46(49,50)51)44(66)61(45)29-14-15-30(33(48)20-29)42(64)53-16-6-4-5-7-36(63)57-27-11-8-24(9-12-27)39-38(41-55-23-56-59(41)3)40-37-31(35(62)22-54-40)17-26(47)18-34(37)58-39/h8-15,17-20,23,38-39,58H,4-7,16,22H2,1-3H3,(H,53,64)(H,57,63)/t38-,39-/m1/s1. The normalized spacial score (nSPS) is 17.5. The number of carbonyl (C=O) groups excluding carboxylic acids is 4.